The zero-order chi connectivity index (χ0) is 18.5. The van der Waals surface area contributed by atoms with Crippen LogP contribution in [0.3, 0.4) is 0 Å². The van der Waals surface area contributed by atoms with Gasteiger partial charge in [0, 0.05) is 58.1 Å². The van der Waals surface area contributed by atoms with Gasteiger partial charge in [-0.25, -0.2) is 4.98 Å². The third-order valence-corrected chi connectivity index (χ3v) is 6.32. The number of hydrogen-bond acceptors (Lipinski definition) is 4. The van der Waals surface area contributed by atoms with E-state index in [1.54, 1.807) is 0 Å². The molecule has 6 heteroatoms. The molecule has 1 saturated carbocycles. The van der Waals surface area contributed by atoms with Crippen LogP contribution in [0.4, 0.5) is 5.82 Å². The highest BCUT2D eigenvalue weighted by atomic mass is 15.3. The lowest BCUT2D eigenvalue weighted by Crippen LogP contribution is -2.45. The van der Waals surface area contributed by atoms with E-state index >= 15 is 0 Å². The summed E-state index contributed by atoms with van der Waals surface area (Å²) in [5.74, 6) is 2.01. The minimum Gasteiger partial charge on any atom is -0.357 e. The Morgan fingerprint density at radius 3 is 2.63 bits per heavy atom. The highest BCUT2D eigenvalue weighted by Crippen LogP contribution is 2.26. The molecule has 2 aliphatic heterocycles. The molecule has 3 heterocycles. The summed E-state index contributed by atoms with van der Waals surface area (Å²) in [4.78, 5) is 14.1. The quantitative estimate of drug-likeness (QED) is 0.616. The van der Waals surface area contributed by atoms with E-state index in [-0.39, 0.29) is 0 Å². The molecule has 3 aliphatic rings. The average molecular weight is 371 g/mol. The van der Waals surface area contributed by atoms with Crippen molar-refractivity contribution in [2.45, 2.75) is 63.6 Å². The Morgan fingerprint density at radius 1 is 1.11 bits per heavy atom. The number of anilines is 1. The van der Waals surface area contributed by atoms with Crippen molar-refractivity contribution in [3.8, 4) is 0 Å². The molecule has 0 aromatic carbocycles. The van der Waals surface area contributed by atoms with Gasteiger partial charge >= 0.3 is 0 Å². The van der Waals surface area contributed by atoms with E-state index in [1.807, 2.05) is 13.2 Å². The zero-order valence-electron chi connectivity index (χ0n) is 16.7. The van der Waals surface area contributed by atoms with E-state index in [1.165, 1.54) is 57.1 Å². The van der Waals surface area contributed by atoms with Gasteiger partial charge < -0.3 is 15.5 Å². The molecule has 0 spiro atoms. The van der Waals surface area contributed by atoms with Gasteiger partial charge in [0.15, 0.2) is 5.96 Å². The van der Waals surface area contributed by atoms with Crippen LogP contribution in [0.2, 0.25) is 0 Å². The number of aliphatic imine (C=N–C) groups is 1. The third kappa shape index (κ3) is 4.72. The summed E-state index contributed by atoms with van der Waals surface area (Å²) in [5.41, 5.74) is 1.19. The van der Waals surface area contributed by atoms with E-state index in [0.29, 0.717) is 6.04 Å². The van der Waals surface area contributed by atoms with Crippen LogP contribution in [0.1, 0.15) is 50.5 Å². The lowest BCUT2D eigenvalue weighted by atomic mass is 10.2. The van der Waals surface area contributed by atoms with E-state index in [0.717, 1.165) is 44.0 Å². The van der Waals surface area contributed by atoms with E-state index in [2.05, 4.69) is 42.5 Å². The van der Waals surface area contributed by atoms with Gasteiger partial charge in [-0.3, -0.25) is 9.89 Å². The first kappa shape index (κ1) is 18.5. The number of aromatic nitrogens is 1. The second-order valence-corrected chi connectivity index (χ2v) is 8.21. The molecule has 4 rings (SSSR count). The van der Waals surface area contributed by atoms with Crippen LogP contribution < -0.4 is 15.5 Å². The summed E-state index contributed by atoms with van der Waals surface area (Å²) in [5, 5.41) is 7.07. The number of rotatable bonds is 5. The SMILES string of the molecule is CN=C(NCc1ccc(N2CCCC2)nc1)NC1CCN(C2CCCC2)C1. The summed E-state index contributed by atoms with van der Waals surface area (Å²) < 4.78 is 0. The number of hydrogen-bond donors (Lipinski definition) is 2. The highest BCUT2D eigenvalue weighted by Gasteiger charge is 2.30. The van der Waals surface area contributed by atoms with Crippen molar-refractivity contribution in [1.29, 1.82) is 0 Å². The van der Waals surface area contributed by atoms with Crippen molar-refractivity contribution in [2.24, 2.45) is 4.99 Å². The van der Waals surface area contributed by atoms with Crippen LogP contribution in [0.25, 0.3) is 0 Å². The first-order valence-corrected chi connectivity index (χ1v) is 10.7. The molecular weight excluding hydrogens is 336 g/mol. The lowest BCUT2D eigenvalue weighted by molar-refractivity contribution is 0.242. The van der Waals surface area contributed by atoms with Crippen molar-refractivity contribution in [2.75, 3.05) is 38.1 Å². The molecule has 2 saturated heterocycles. The van der Waals surface area contributed by atoms with Gasteiger partial charge in [-0.2, -0.15) is 0 Å². The van der Waals surface area contributed by atoms with Crippen LogP contribution in [0.15, 0.2) is 23.3 Å². The van der Waals surface area contributed by atoms with Crippen LogP contribution in [-0.4, -0.2) is 61.2 Å². The molecule has 1 atom stereocenters. The van der Waals surface area contributed by atoms with Gasteiger partial charge in [0.25, 0.3) is 0 Å². The maximum absolute atomic E-state index is 4.64. The summed E-state index contributed by atoms with van der Waals surface area (Å²) in [6, 6.07) is 5.66. The van der Waals surface area contributed by atoms with Gasteiger partial charge in [0.1, 0.15) is 5.82 Å². The number of likely N-dealkylation sites (tertiary alicyclic amines) is 1. The minimum atomic E-state index is 0.507. The maximum atomic E-state index is 4.64. The van der Waals surface area contributed by atoms with Gasteiger partial charge in [-0.15, -0.1) is 0 Å². The first-order valence-electron chi connectivity index (χ1n) is 10.7. The molecule has 27 heavy (non-hydrogen) atoms. The Balaban J connectivity index is 1.23. The second kappa shape index (κ2) is 8.91. The number of nitrogens with one attached hydrogen (secondary N) is 2. The molecule has 1 aliphatic carbocycles. The Morgan fingerprint density at radius 2 is 1.93 bits per heavy atom. The maximum Gasteiger partial charge on any atom is 0.191 e. The monoisotopic (exact) mass is 370 g/mol. The summed E-state index contributed by atoms with van der Waals surface area (Å²) >= 11 is 0. The molecule has 1 unspecified atom stereocenters. The highest BCUT2D eigenvalue weighted by molar-refractivity contribution is 5.80. The Kier molecular flexibility index (Phi) is 6.12. The Bertz CT molecular complexity index is 616. The molecule has 1 aromatic rings. The van der Waals surface area contributed by atoms with Crippen molar-refractivity contribution >= 4 is 11.8 Å². The van der Waals surface area contributed by atoms with Crippen molar-refractivity contribution < 1.29 is 0 Å². The molecular formula is C21H34N6. The fraction of sp³-hybridized carbons (Fsp3) is 0.714. The standard InChI is InChI=1S/C21H34N6/c1-22-21(25-18-10-13-27(16-18)19-6-2-3-7-19)24-15-17-8-9-20(23-14-17)26-11-4-5-12-26/h8-9,14,18-19H,2-7,10-13,15-16H2,1H3,(H2,22,24,25). The average Bonchev–Trinajstić information content (AvgIpc) is 3.47. The zero-order valence-corrected chi connectivity index (χ0v) is 16.7. The van der Waals surface area contributed by atoms with E-state index < -0.39 is 0 Å². The fourth-order valence-electron chi connectivity index (χ4n) is 4.73. The van der Waals surface area contributed by atoms with Crippen LogP contribution in [-0.2, 0) is 6.54 Å². The number of pyridine rings is 1. The number of nitrogens with zero attached hydrogens (tertiary/aromatic N) is 4. The second-order valence-electron chi connectivity index (χ2n) is 8.21. The molecule has 1 aromatic heterocycles. The molecule has 0 amide bonds. The topological polar surface area (TPSA) is 55.8 Å². The molecule has 2 N–H and O–H groups in total. The summed E-state index contributed by atoms with van der Waals surface area (Å²) in [7, 11) is 1.85. The van der Waals surface area contributed by atoms with Gasteiger partial charge in [-0.1, -0.05) is 18.9 Å². The number of guanidine groups is 1. The minimum absolute atomic E-state index is 0.507. The van der Waals surface area contributed by atoms with E-state index in [9.17, 15) is 0 Å². The predicted octanol–water partition coefficient (Wildman–Crippen LogP) is 2.36. The Hall–Kier alpha value is -1.82. The predicted molar refractivity (Wildman–Crippen MR) is 111 cm³/mol. The van der Waals surface area contributed by atoms with Crippen LogP contribution in [0, 0.1) is 0 Å². The van der Waals surface area contributed by atoms with E-state index in [4.69, 9.17) is 0 Å². The van der Waals surface area contributed by atoms with Crippen LogP contribution in [0.5, 0.6) is 0 Å². The molecule has 0 bridgehead atoms. The molecule has 148 valence electrons. The van der Waals surface area contributed by atoms with Gasteiger partial charge in [-0.05, 0) is 43.7 Å². The van der Waals surface area contributed by atoms with Crippen molar-refractivity contribution in [3.63, 3.8) is 0 Å². The first-order chi connectivity index (χ1) is 13.3. The van der Waals surface area contributed by atoms with Gasteiger partial charge in [0.2, 0.25) is 0 Å². The Labute approximate surface area is 163 Å². The van der Waals surface area contributed by atoms with Gasteiger partial charge in [0.05, 0.1) is 0 Å². The third-order valence-electron chi connectivity index (χ3n) is 6.32. The summed E-state index contributed by atoms with van der Waals surface area (Å²) in [6.45, 7) is 5.41. The normalized spacial score (nSPS) is 24.7. The fourth-order valence-corrected chi connectivity index (χ4v) is 4.73. The largest absolute Gasteiger partial charge is 0.357 e. The van der Waals surface area contributed by atoms with Crippen LogP contribution >= 0.6 is 0 Å². The smallest absolute Gasteiger partial charge is 0.191 e. The molecule has 0 radical (unpaired) electrons. The summed E-state index contributed by atoms with van der Waals surface area (Å²) in [6.07, 6.45) is 11.4. The molecule has 6 nitrogen and oxygen atoms in total. The molecule has 3 fully saturated rings. The van der Waals surface area contributed by atoms with Crippen molar-refractivity contribution in [1.82, 2.24) is 20.5 Å². The van der Waals surface area contributed by atoms with Crippen molar-refractivity contribution in [3.05, 3.63) is 23.9 Å². The lowest BCUT2D eigenvalue weighted by Gasteiger charge is -2.24.